The first-order chi connectivity index (χ1) is 8.81. The molecule has 0 aliphatic carbocycles. The van der Waals surface area contributed by atoms with Crippen molar-refractivity contribution < 1.29 is 9.53 Å². The molecule has 0 radical (unpaired) electrons. The van der Waals surface area contributed by atoms with E-state index in [1.54, 1.807) is 0 Å². The van der Waals surface area contributed by atoms with Crippen LogP contribution >= 0.6 is 0 Å². The summed E-state index contributed by atoms with van der Waals surface area (Å²) in [5, 5.41) is 0. The number of hydrogen-bond donors (Lipinski definition) is 0. The molecule has 0 fully saturated rings. The number of methoxy groups -OCH3 is 1. The molecule has 0 N–H and O–H groups in total. The normalized spacial score (nSPS) is 10.1. The van der Waals surface area contributed by atoms with E-state index >= 15 is 0 Å². The van der Waals surface area contributed by atoms with Gasteiger partial charge in [-0.15, -0.1) is 4.36 Å². The Kier molecular flexibility index (Phi) is 4.25. The summed E-state index contributed by atoms with van der Waals surface area (Å²) in [5.74, 6) is 0. The summed E-state index contributed by atoms with van der Waals surface area (Å²) in [4.78, 5) is 13.4. The first-order valence-electron chi connectivity index (χ1n) is 5.45. The molecule has 3 nitrogen and oxygen atoms in total. The molecule has 2 aromatic rings. The third-order valence-electron chi connectivity index (χ3n) is 2.27. The van der Waals surface area contributed by atoms with Crippen molar-refractivity contribution in [2.45, 2.75) is 9.79 Å². The minimum absolute atomic E-state index is 0.550. The number of nitrogens with zero attached hydrogens (tertiary/aromatic N) is 1. The van der Waals surface area contributed by atoms with Gasteiger partial charge in [-0.2, -0.15) is 0 Å². The van der Waals surface area contributed by atoms with Crippen LogP contribution in [-0.2, 0) is 15.4 Å². The van der Waals surface area contributed by atoms with Crippen LogP contribution in [0.15, 0.2) is 74.8 Å². The van der Waals surface area contributed by atoms with E-state index in [2.05, 4.69) is 9.10 Å². The van der Waals surface area contributed by atoms with Crippen LogP contribution in [0, 0.1) is 0 Å². The third kappa shape index (κ3) is 3.05. The zero-order chi connectivity index (χ0) is 12.8. The van der Waals surface area contributed by atoms with E-state index in [4.69, 9.17) is 0 Å². The number of amides is 1. The summed E-state index contributed by atoms with van der Waals surface area (Å²) in [6, 6.07) is 19.5. The van der Waals surface area contributed by atoms with Crippen molar-refractivity contribution in [3.63, 3.8) is 0 Å². The standard InChI is InChI=1S/C14H13NO2S/c1-17-14(16)15-18(12-8-4-2-5-9-12)13-10-6-3-7-11-13/h2-11H,1H3. The van der Waals surface area contributed by atoms with Gasteiger partial charge < -0.3 is 4.74 Å². The Morgan fingerprint density at radius 3 is 1.78 bits per heavy atom. The zero-order valence-corrected chi connectivity index (χ0v) is 10.8. The van der Waals surface area contributed by atoms with E-state index in [0.29, 0.717) is 0 Å². The van der Waals surface area contributed by atoms with Gasteiger partial charge in [0.2, 0.25) is 0 Å². The van der Waals surface area contributed by atoms with Crippen LogP contribution in [0.5, 0.6) is 0 Å². The van der Waals surface area contributed by atoms with Crippen molar-refractivity contribution in [2.24, 2.45) is 4.36 Å². The van der Waals surface area contributed by atoms with Crippen molar-refractivity contribution in [2.75, 3.05) is 7.11 Å². The van der Waals surface area contributed by atoms with Crippen LogP contribution in [0.4, 0.5) is 4.79 Å². The number of benzene rings is 2. The molecule has 2 aromatic carbocycles. The third-order valence-corrected chi connectivity index (χ3v) is 4.04. The lowest BCUT2D eigenvalue weighted by Gasteiger charge is -2.07. The molecule has 0 bridgehead atoms. The summed E-state index contributed by atoms with van der Waals surface area (Å²) in [5.41, 5.74) is 0. The Labute approximate surface area is 109 Å². The first kappa shape index (κ1) is 12.5. The Bertz CT molecular complexity index is 511. The largest absolute Gasteiger partial charge is 0.451 e. The van der Waals surface area contributed by atoms with Gasteiger partial charge in [0, 0.05) is 9.79 Å². The van der Waals surface area contributed by atoms with Crippen LogP contribution in [-0.4, -0.2) is 13.2 Å². The van der Waals surface area contributed by atoms with Crippen LogP contribution in [0.1, 0.15) is 0 Å². The molecule has 0 aliphatic rings. The van der Waals surface area contributed by atoms with Crippen LogP contribution < -0.4 is 0 Å². The van der Waals surface area contributed by atoms with Gasteiger partial charge in [-0.25, -0.2) is 4.79 Å². The number of carbonyl (C=O) groups is 1. The van der Waals surface area contributed by atoms with Gasteiger partial charge in [0.1, 0.15) is 0 Å². The molecule has 0 atom stereocenters. The van der Waals surface area contributed by atoms with Crippen LogP contribution in [0.2, 0.25) is 0 Å². The van der Waals surface area contributed by atoms with E-state index < -0.39 is 16.8 Å². The lowest BCUT2D eigenvalue weighted by Crippen LogP contribution is -1.99. The summed E-state index contributed by atoms with van der Waals surface area (Å²) in [6.07, 6.45) is -0.550. The second-order valence-electron chi connectivity index (χ2n) is 3.47. The van der Waals surface area contributed by atoms with E-state index in [0.717, 1.165) is 9.79 Å². The molecule has 0 unspecified atom stereocenters. The summed E-state index contributed by atoms with van der Waals surface area (Å²) in [6.45, 7) is 0. The van der Waals surface area contributed by atoms with Crippen LogP contribution in [0.3, 0.4) is 0 Å². The highest BCUT2D eigenvalue weighted by molar-refractivity contribution is 7.87. The predicted octanol–water partition coefficient (Wildman–Crippen LogP) is 3.67. The van der Waals surface area contributed by atoms with Crippen molar-refractivity contribution in [3.8, 4) is 0 Å². The van der Waals surface area contributed by atoms with E-state index in [1.165, 1.54) is 7.11 Å². The monoisotopic (exact) mass is 259 g/mol. The fraction of sp³-hybridized carbons (Fsp3) is 0.0714. The van der Waals surface area contributed by atoms with E-state index in [-0.39, 0.29) is 0 Å². The molecule has 0 aromatic heterocycles. The number of ether oxygens (including phenoxy) is 1. The summed E-state index contributed by atoms with van der Waals surface area (Å²) < 4.78 is 8.73. The zero-order valence-electron chi connectivity index (χ0n) is 9.95. The molecule has 18 heavy (non-hydrogen) atoms. The van der Waals surface area contributed by atoms with Crippen molar-refractivity contribution in [3.05, 3.63) is 60.7 Å². The van der Waals surface area contributed by atoms with E-state index in [1.807, 2.05) is 60.7 Å². The molecule has 2 rings (SSSR count). The Hall–Kier alpha value is -1.94. The molecular formula is C14H13NO2S. The maximum absolute atomic E-state index is 11.4. The lowest BCUT2D eigenvalue weighted by molar-refractivity contribution is 0.183. The Morgan fingerprint density at radius 1 is 0.944 bits per heavy atom. The highest BCUT2D eigenvalue weighted by Crippen LogP contribution is 2.18. The Balaban J connectivity index is 2.49. The van der Waals surface area contributed by atoms with Crippen molar-refractivity contribution >= 4 is 16.8 Å². The van der Waals surface area contributed by atoms with Gasteiger partial charge in [-0.05, 0) is 35.0 Å². The fourth-order valence-electron chi connectivity index (χ4n) is 1.45. The minimum atomic E-state index is -0.631. The van der Waals surface area contributed by atoms with E-state index in [9.17, 15) is 4.79 Å². The molecule has 1 amide bonds. The second kappa shape index (κ2) is 6.12. The summed E-state index contributed by atoms with van der Waals surface area (Å²) in [7, 11) is 0.706. The topological polar surface area (TPSA) is 38.7 Å². The number of hydrogen-bond acceptors (Lipinski definition) is 2. The fourth-order valence-corrected chi connectivity index (χ4v) is 2.99. The molecule has 0 heterocycles. The first-order valence-corrected chi connectivity index (χ1v) is 6.63. The highest BCUT2D eigenvalue weighted by Gasteiger charge is 2.07. The predicted molar refractivity (Wildman–Crippen MR) is 71.6 cm³/mol. The Morgan fingerprint density at radius 2 is 1.39 bits per heavy atom. The molecule has 0 saturated carbocycles. The summed E-state index contributed by atoms with van der Waals surface area (Å²) >= 11 is 0. The molecule has 0 aliphatic heterocycles. The maximum Gasteiger partial charge on any atom is 0.440 e. The number of rotatable bonds is 2. The second-order valence-corrected chi connectivity index (χ2v) is 5.17. The molecule has 0 spiro atoms. The van der Waals surface area contributed by atoms with Gasteiger partial charge in [0.25, 0.3) is 0 Å². The SMILES string of the molecule is COC(=O)N=S(c1ccccc1)c1ccccc1. The quantitative estimate of drug-likeness (QED) is 0.825. The average Bonchev–Trinajstić information content (AvgIpc) is 2.46. The molecule has 0 saturated heterocycles. The van der Waals surface area contributed by atoms with Gasteiger partial charge in [0.15, 0.2) is 0 Å². The lowest BCUT2D eigenvalue weighted by atomic mass is 10.4. The highest BCUT2D eigenvalue weighted by atomic mass is 32.2. The van der Waals surface area contributed by atoms with Gasteiger partial charge in [-0.3, -0.25) is 0 Å². The maximum atomic E-state index is 11.4. The van der Waals surface area contributed by atoms with Crippen molar-refractivity contribution in [1.82, 2.24) is 0 Å². The average molecular weight is 259 g/mol. The van der Waals surface area contributed by atoms with Crippen molar-refractivity contribution in [1.29, 1.82) is 0 Å². The number of carbonyl (C=O) groups excluding carboxylic acids is 1. The molecule has 4 heteroatoms. The molecule has 92 valence electrons. The van der Waals surface area contributed by atoms with Gasteiger partial charge in [-0.1, -0.05) is 36.4 Å². The smallest absolute Gasteiger partial charge is 0.440 e. The molecular weight excluding hydrogens is 246 g/mol. The minimum Gasteiger partial charge on any atom is -0.451 e. The van der Waals surface area contributed by atoms with Gasteiger partial charge in [0.05, 0.1) is 7.11 Å². The van der Waals surface area contributed by atoms with Crippen LogP contribution in [0.25, 0.3) is 0 Å². The van der Waals surface area contributed by atoms with Gasteiger partial charge >= 0.3 is 6.09 Å².